The number of nitrogens with one attached hydrogen (secondary N) is 2. The SMILES string of the molecule is COCCNC(=O)Nc1cc(C)ns1. The summed E-state index contributed by atoms with van der Waals surface area (Å²) in [4.78, 5) is 11.2. The number of methoxy groups -OCH3 is 1. The molecule has 0 aromatic carbocycles. The standard InChI is InChI=1S/C8H13N3O2S/c1-6-5-7(14-11-6)10-8(12)9-3-4-13-2/h5H,3-4H2,1-2H3,(H2,9,10,12). The summed E-state index contributed by atoms with van der Waals surface area (Å²) in [6, 6.07) is 1.59. The number of amides is 2. The lowest BCUT2D eigenvalue weighted by Crippen LogP contribution is -2.31. The van der Waals surface area contributed by atoms with Crippen molar-refractivity contribution in [3.05, 3.63) is 11.8 Å². The summed E-state index contributed by atoms with van der Waals surface area (Å²) in [7, 11) is 1.59. The van der Waals surface area contributed by atoms with Crippen molar-refractivity contribution in [3.63, 3.8) is 0 Å². The van der Waals surface area contributed by atoms with Crippen molar-refractivity contribution in [1.29, 1.82) is 0 Å². The molecule has 6 heteroatoms. The molecule has 0 aliphatic heterocycles. The van der Waals surface area contributed by atoms with Gasteiger partial charge in [-0.25, -0.2) is 4.79 Å². The second-order valence-corrected chi connectivity index (χ2v) is 3.51. The predicted molar refractivity (Wildman–Crippen MR) is 55.7 cm³/mol. The first-order valence-corrected chi connectivity index (χ1v) is 4.97. The van der Waals surface area contributed by atoms with Gasteiger partial charge >= 0.3 is 6.03 Å². The van der Waals surface area contributed by atoms with E-state index in [1.54, 1.807) is 7.11 Å². The molecule has 78 valence electrons. The Kier molecular flexibility index (Phi) is 4.34. The summed E-state index contributed by atoms with van der Waals surface area (Å²) in [6.45, 7) is 2.89. The average molecular weight is 215 g/mol. The molecular weight excluding hydrogens is 202 g/mol. The zero-order valence-corrected chi connectivity index (χ0v) is 8.98. The van der Waals surface area contributed by atoms with Crippen molar-refractivity contribution in [2.75, 3.05) is 25.6 Å². The van der Waals surface area contributed by atoms with E-state index in [-0.39, 0.29) is 6.03 Å². The van der Waals surface area contributed by atoms with Gasteiger partial charge in [0.05, 0.1) is 12.3 Å². The number of ether oxygens (including phenoxy) is 1. The molecule has 0 saturated heterocycles. The zero-order chi connectivity index (χ0) is 10.4. The van der Waals surface area contributed by atoms with Gasteiger partial charge in [-0.05, 0) is 24.5 Å². The Balaban J connectivity index is 2.27. The molecule has 1 rings (SSSR count). The molecule has 5 nitrogen and oxygen atoms in total. The second-order valence-electron chi connectivity index (χ2n) is 2.71. The van der Waals surface area contributed by atoms with E-state index in [2.05, 4.69) is 15.0 Å². The van der Waals surface area contributed by atoms with Crippen LogP contribution in [0, 0.1) is 6.92 Å². The molecule has 0 atom stereocenters. The molecule has 1 heterocycles. The van der Waals surface area contributed by atoms with Gasteiger partial charge < -0.3 is 10.1 Å². The smallest absolute Gasteiger partial charge is 0.319 e. The summed E-state index contributed by atoms with van der Waals surface area (Å²) < 4.78 is 8.83. The van der Waals surface area contributed by atoms with Crippen LogP contribution in [-0.2, 0) is 4.74 Å². The minimum absolute atomic E-state index is 0.231. The van der Waals surface area contributed by atoms with Gasteiger partial charge in [-0.1, -0.05) is 0 Å². The molecule has 0 saturated carbocycles. The van der Waals surface area contributed by atoms with Crippen molar-refractivity contribution < 1.29 is 9.53 Å². The van der Waals surface area contributed by atoms with E-state index in [4.69, 9.17) is 4.74 Å². The van der Waals surface area contributed by atoms with Gasteiger partial charge in [0.25, 0.3) is 0 Å². The molecule has 0 aliphatic rings. The Morgan fingerprint density at radius 3 is 3.07 bits per heavy atom. The van der Waals surface area contributed by atoms with Crippen LogP contribution >= 0.6 is 11.5 Å². The van der Waals surface area contributed by atoms with Crippen LogP contribution in [0.4, 0.5) is 9.80 Å². The number of rotatable bonds is 4. The number of anilines is 1. The van der Waals surface area contributed by atoms with E-state index >= 15 is 0 Å². The Morgan fingerprint density at radius 2 is 2.50 bits per heavy atom. The third-order valence-corrected chi connectivity index (χ3v) is 2.25. The number of nitrogens with zero attached hydrogens (tertiary/aromatic N) is 1. The fourth-order valence-corrected chi connectivity index (χ4v) is 1.50. The monoisotopic (exact) mass is 215 g/mol. The third-order valence-electron chi connectivity index (χ3n) is 1.46. The number of aromatic nitrogens is 1. The van der Waals surface area contributed by atoms with E-state index in [1.165, 1.54) is 11.5 Å². The lowest BCUT2D eigenvalue weighted by Gasteiger charge is -2.03. The molecule has 0 bridgehead atoms. The lowest BCUT2D eigenvalue weighted by atomic mass is 10.5. The van der Waals surface area contributed by atoms with Gasteiger partial charge in [0, 0.05) is 13.7 Å². The predicted octanol–water partition coefficient (Wildman–Crippen LogP) is 1.22. The Morgan fingerprint density at radius 1 is 1.71 bits per heavy atom. The number of carbonyl (C=O) groups excluding carboxylic acids is 1. The van der Waals surface area contributed by atoms with E-state index in [1.807, 2.05) is 13.0 Å². The normalized spacial score (nSPS) is 9.86. The summed E-state index contributed by atoms with van der Waals surface area (Å²) in [5.41, 5.74) is 0.905. The maximum Gasteiger partial charge on any atom is 0.319 e. The first-order chi connectivity index (χ1) is 6.72. The molecule has 0 fully saturated rings. The maximum atomic E-state index is 11.2. The average Bonchev–Trinajstić information content (AvgIpc) is 2.52. The van der Waals surface area contributed by atoms with E-state index in [0.29, 0.717) is 13.2 Å². The third kappa shape index (κ3) is 3.71. The molecule has 0 spiro atoms. The van der Waals surface area contributed by atoms with Gasteiger partial charge in [-0.3, -0.25) is 5.32 Å². The number of carbonyl (C=O) groups is 1. The van der Waals surface area contributed by atoms with E-state index in [0.717, 1.165) is 10.7 Å². The quantitative estimate of drug-likeness (QED) is 0.742. The summed E-state index contributed by atoms with van der Waals surface area (Å²) in [5.74, 6) is 0. The first-order valence-electron chi connectivity index (χ1n) is 4.19. The maximum absolute atomic E-state index is 11.2. The van der Waals surface area contributed by atoms with Crippen molar-refractivity contribution in [3.8, 4) is 0 Å². The van der Waals surface area contributed by atoms with Crippen LogP contribution in [0.25, 0.3) is 0 Å². The Bertz CT molecular complexity index is 301. The van der Waals surface area contributed by atoms with E-state index < -0.39 is 0 Å². The van der Waals surface area contributed by atoms with Gasteiger partial charge in [-0.2, -0.15) is 4.37 Å². The number of hydrogen-bond acceptors (Lipinski definition) is 4. The number of urea groups is 1. The van der Waals surface area contributed by atoms with Crippen molar-refractivity contribution in [2.45, 2.75) is 6.92 Å². The molecule has 1 aromatic rings. The van der Waals surface area contributed by atoms with Crippen LogP contribution in [0.3, 0.4) is 0 Å². The zero-order valence-electron chi connectivity index (χ0n) is 8.16. The summed E-state index contributed by atoms with van der Waals surface area (Å²) in [5, 5.41) is 6.06. The number of hydrogen-bond donors (Lipinski definition) is 2. The first kappa shape index (κ1) is 10.9. The topological polar surface area (TPSA) is 63.2 Å². The fraction of sp³-hybridized carbons (Fsp3) is 0.500. The minimum atomic E-state index is -0.231. The van der Waals surface area contributed by atoms with Crippen LogP contribution in [-0.4, -0.2) is 30.7 Å². The number of aryl methyl sites for hydroxylation is 1. The van der Waals surface area contributed by atoms with Gasteiger partial charge in [-0.15, -0.1) is 0 Å². The highest BCUT2D eigenvalue weighted by molar-refractivity contribution is 7.10. The molecule has 14 heavy (non-hydrogen) atoms. The summed E-state index contributed by atoms with van der Waals surface area (Å²) in [6.07, 6.45) is 0. The molecule has 1 aromatic heterocycles. The van der Waals surface area contributed by atoms with Gasteiger partial charge in [0.1, 0.15) is 5.00 Å². The van der Waals surface area contributed by atoms with Crippen molar-refractivity contribution in [1.82, 2.24) is 9.69 Å². The fourth-order valence-electron chi connectivity index (χ4n) is 0.845. The summed E-state index contributed by atoms with van der Waals surface area (Å²) >= 11 is 1.26. The molecule has 2 amide bonds. The molecule has 0 aliphatic carbocycles. The van der Waals surface area contributed by atoms with Crippen LogP contribution in [0.15, 0.2) is 6.07 Å². The second kappa shape index (κ2) is 5.56. The lowest BCUT2D eigenvalue weighted by molar-refractivity contribution is 0.198. The van der Waals surface area contributed by atoms with Crippen LogP contribution in [0.2, 0.25) is 0 Å². The molecular formula is C8H13N3O2S. The minimum Gasteiger partial charge on any atom is -0.383 e. The highest BCUT2D eigenvalue weighted by Crippen LogP contribution is 2.14. The highest BCUT2D eigenvalue weighted by Gasteiger charge is 2.02. The van der Waals surface area contributed by atoms with Crippen LogP contribution in [0.1, 0.15) is 5.69 Å². The molecule has 0 unspecified atom stereocenters. The molecule has 2 N–H and O–H groups in total. The van der Waals surface area contributed by atoms with Gasteiger partial charge in [0.2, 0.25) is 0 Å². The Labute approximate surface area is 86.6 Å². The van der Waals surface area contributed by atoms with Crippen LogP contribution in [0.5, 0.6) is 0 Å². The van der Waals surface area contributed by atoms with Crippen molar-refractivity contribution >= 4 is 22.6 Å². The Hall–Kier alpha value is -1.14. The van der Waals surface area contributed by atoms with E-state index in [9.17, 15) is 4.79 Å². The molecule has 0 radical (unpaired) electrons. The van der Waals surface area contributed by atoms with Crippen LogP contribution < -0.4 is 10.6 Å². The van der Waals surface area contributed by atoms with Gasteiger partial charge in [0.15, 0.2) is 0 Å². The highest BCUT2D eigenvalue weighted by atomic mass is 32.1. The largest absolute Gasteiger partial charge is 0.383 e. The van der Waals surface area contributed by atoms with Crippen molar-refractivity contribution in [2.24, 2.45) is 0 Å².